The summed E-state index contributed by atoms with van der Waals surface area (Å²) in [5.41, 5.74) is 1.29. The Bertz CT molecular complexity index is 590. The van der Waals surface area contributed by atoms with Crippen LogP contribution in [0.15, 0.2) is 18.6 Å². The molecule has 2 heterocycles. The van der Waals surface area contributed by atoms with Crippen LogP contribution in [0, 0.1) is 6.92 Å². The van der Waals surface area contributed by atoms with Gasteiger partial charge in [0.1, 0.15) is 11.5 Å². The molecule has 1 N–H and O–H groups in total. The number of carbonyl (C=O) groups is 1. The summed E-state index contributed by atoms with van der Waals surface area (Å²) in [6.07, 6.45) is 4.89. The molecule has 18 heavy (non-hydrogen) atoms. The minimum atomic E-state index is -1.08. The van der Waals surface area contributed by atoms with E-state index in [0.29, 0.717) is 11.5 Å². The molecule has 0 radical (unpaired) electrons. The van der Waals surface area contributed by atoms with Crippen molar-refractivity contribution in [3.05, 3.63) is 35.7 Å². The predicted octanol–water partition coefficient (Wildman–Crippen LogP) is 1.79. The van der Waals surface area contributed by atoms with Gasteiger partial charge >= 0.3 is 5.97 Å². The minimum absolute atomic E-state index is 0.0307. The van der Waals surface area contributed by atoms with Gasteiger partial charge in [-0.15, -0.1) is 0 Å². The second kappa shape index (κ2) is 4.56. The van der Waals surface area contributed by atoms with E-state index in [2.05, 4.69) is 15.1 Å². The van der Waals surface area contributed by atoms with Gasteiger partial charge in [0.05, 0.1) is 12.4 Å². The molecule has 0 spiro atoms. The van der Waals surface area contributed by atoms with Gasteiger partial charge in [-0.1, -0.05) is 13.8 Å². The maximum absolute atomic E-state index is 11.2. The Kier molecular flexibility index (Phi) is 3.10. The van der Waals surface area contributed by atoms with Crippen LogP contribution in [0.3, 0.4) is 0 Å². The molecule has 94 valence electrons. The van der Waals surface area contributed by atoms with Gasteiger partial charge < -0.3 is 5.11 Å². The van der Waals surface area contributed by atoms with Crippen LogP contribution in [-0.2, 0) is 0 Å². The number of carboxylic acids is 1. The molecule has 0 fully saturated rings. The van der Waals surface area contributed by atoms with Crippen molar-refractivity contribution < 1.29 is 9.90 Å². The molecule has 0 aromatic carbocycles. The van der Waals surface area contributed by atoms with Gasteiger partial charge in [-0.25, -0.2) is 19.4 Å². The number of carboxylic acid groups (broad SMARTS) is 1. The summed E-state index contributed by atoms with van der Waals surface area (Å²) in [6.45, 7) is 5.71. The van der Waals surface area contributed by atoms with Gasteiger partial charge in [0.15, 0.2) is 5.69 Å². The molecule has 6 heteroatoms. The zero-order chi connectivity index (χ0) is 13.3. The Hall–Kier alpha value is -2.24. The molecule has 0 unspecified atom stereocenters. The predicted molar refractivity (Wildman–Crippen MR) is 64.9 cm³/mol. The van der Waals surface area contributed by atoms with Gasteiger partial charge in [0.2, 0.25) is 0 Å². The van der Waals surface area contributed by atoms with Crippen molar-refractivity contribution in [3.63, 3.8) is 0 Å². The van der Waals surface area contributed by atoms with E-state index >= 15 is 0 Å². The Morgan fingerprint density at radius 1 is 1.39 bits per heavy atom. The molecule has 0 amide bonds. The van der Waals surface area contributed by atoms with Crippen molar-refractivity contribution in [2.45, 2.75) is 26.7 Å². The Balaban J connectivity index is 2.57. The van der Waals surface area contributed by atoms with Gasteiger partial charge in [-0.2, -0.15) is 5.10 Å². The zero-order valence-electron chi connectivity index (χ0n) is 10.5. The van der Waals surface area contributed by atoms with Crippen molar-refractivity contribution in [1.82, 2.24) is 19.7 Å². The molecular formula is C12H14N4O2. The summed E-state index contributed by atoms with van der Waals surface area (Å²) in [6, 6.07) is 0. The third kappa shape index (κ3) is 2.22. The normalized spacial score (nSPS) is 10.9. The summed E-state index contributed by atoms with van der Waals surface area (Å²) in [7, 11) is 0. The highest BCUT2D eigenvalue weighted by atomic mass is 16.4. The highest BCUT2D eigenvalue weighted by Crippen LogP contribution is 2.15. The van der Waals surface area contributed by atoms with Crippen molar-refractivity contribution in [3.8, 4) is 5.69 Å². The smallest absolute Gasteiger partial charge is 0.356 e. The van der Waals surface area contributed by atoms with Crippen LogP contribution in [0.2, 0.25) is 0 Å². The zero-order valence-corrected chi connectivity index (χ0v) is 10.5. The summed E-state index contributed by atoms with van der Waals surface area (Å²) < 4.78 is 1.48. The number of aromatic carboxylic acids is 1. The quantitative estimate of drug-likeness (QED) is 0.892. The first kappa shape index (κ1) is 12.2. The average molecular weight is 246 g/mol. The van der Waals surface area contributed by atoms with E-state index < -0.39 is 5.97 Å². The lowest BCUT2D eigenvalue weighted by atomic mass is 10.2. The Morgan fingerprint density at radius 3 is 2.61 bits per heavy atom. The summed E-state index contributed by atoms with van der Waals surface area (Å²) in [5, 5.41) is 13.3. The van der Waals surface area contributed by atoms with Crippen LogP contribution < -0.4 is 0 Å². The first-order valence-corrected chi connectivity index (χ1v) is 5.61. The third-order valence-corrected chi connectivity index (χ3v) is 2.47. The van der Waals surface area contributed by atoms with Crippen LogP contribution in [0.1, 0.15) is 41.6 Å². The fourth-order valence-corrected chi connectivity index (χ4v) is 1.54. The van der Waals surface area contributed by atoms with Crippen LogP contribution in [0.4, 0.5) is 0 Å². The maximum atomic E-state index is 11.2. The molecule has 0 bridgehead atoms. The fourth-order valence-electron chi connectivity index (χ4n) is 1.54. The molecule has 2 rings (SSSR count). The molecule has 2 aromatic heterocycles. The van der Waals surface area contributed by atoms with Crippen molar-refractivity contribution in [2.24, 2.45) is 0 Å². The molecular weight excluding hydrogens is 232 g/mol. The molecule has 2 aromatic rings. The number of aryl methyl sites for hydroxylation is 1. The number of hydrogen-bond donors (Lipinski definition) is 1. The Labute approximate surface area is 104 Å². The van der Waals surface area contributed by atoms with Crippen molar-refractivity contribution >= 4 is 5.97 Å². The lowest BCUT2D eigenvalue weighted by Gasteiger charge is -2.08. The summed E-state index contributed by atoms with van der Waals surface area (Å²) >= 11 is 0. The van der Waals surface area contributed by atoms with Crippen LogP contribution in [0.25, 0.3) is 5.69 Å². The summed E-state index contributed by atoms with van der Waals surface area (Å²) in [5.74, 6) is -0.487. The molecule has 0 saturated heterocycles. The van der Waals surface area contributed by atoms with Gasteiger partial charge in [0.25, 0.3) is 0 Å². The largest absolute Gasteiger partial charge is 0.476 e. The molecule has 0 saturated carbocycles. The van der Waals surface area contributed by atoms with Gasteiger partial charge in [0, 0.05) is 12.1 Å². The standard InChI is InChI=1S/C12H14N4O2/c1-7(2)11-13-5-9(10(15-11)12(17)18)16-6-8(3)4-14-16/h4-7H,1-3H3,(H,17,18). The first-order valence-electron chi connectivity index (χ1n) is 5.61. The molecule has 0 aliphatic heterocycles. The second-order valence-corrected chi connectivity index (χ2v) is 4.38. The van der Waals surface area contributed by atoms with Crippen LogP contribution in [-0.4, -0.2) is 30.8 Å². The second-order valence-electron chi connectivity index (χ2n) is 4.38. The van der Waals surface area contributed by atoms with Crippen LogP contribution >= 0.6 is 0 Å². The highest BCUT2D eigenvalue weighted by Gasteiger charge is 2.17. The number of rotatable bonds is 3. The fraction of sp³-hybridized carbons (Fsp3) is 0.333. The van der Waals surface area contributed by atoms with Gasteiger partial charge in [-0.05, 0) is 12.5 Å². The van der Waals surface area contributed by atoms with E-state index in [-0.39, 0.29) is 11.6 Å². The molecule has 0 aliphatic carbocycles. The van der Waals surface area contributed by atoms with Crippen molar-refractivity contribution in [2.75, 3.05) is 0 Å². The van der Waals surface area contributed by atoms with E-state index in [4.69, 9.17) is 0 Å². The van der Waals surface area contributed by atoms with Crippen molar-refractivity contribution in [1.29, 1.82) is 0 Å². The number of hydrogen-bond acceptors (Lipinski definition) is 4. The molecule has 0 aliphatic rings. The summed E-state index contributed by atoms with van der Waals surface area (Å²) in [4.78, 5) is 19.5. The number of nitrogens with zero attached hydrogens (tertiary/aromatic N) is 4. The lowest BCUT2D eigenvalue weighted by molar-refractivity contribution is 0.0689. The maximum Gasteiger partial charge on any atom is 0.356 e. The molecule has 6 nitrogen and oxygen atoms in total. The monoisotopic (exact) mass is 246 g/mol. The van der Waals surface area contributed by atoms with E-state index in [9.17, 15) is 9.90 Å². The lowest BCUT2D eigenvalue weighted by Crippen LogP contribution is -2.12. The topological polar surface area (TPSA) is 80.9 Å². The third-order valence-electron chi connectivity index (χ3n) is 2.47. The van der Waals surface area contributed by atoms with E-state index in [1.807, 2.05) is 20.8 Å². The van der Waals surface area contributed by atoms with E-state index in [1.165, 1.54) is 10.9 Å². The SMILES string of the molecule is Cc1cnn(-c2cnc(C(C)C)nc2C(=O)O)c1. The Morgan fingerprint density at radius 2 is 2.11 bits per heavy atom. The van der Waals surface area contributed by atoms with E-state index in [1.54, 1.807) is 12.4 Å². The van der Waals surface area contributed by atoms with E-state index in [0.717, 1.165) is 5.56 Å². The molecule has 0 atom stereocenters. The minimum Gasteiger partial charge on any atom is -0.476 e. The van der Waals surface area contributed by atoms with Crippen LogP contribution in [0.5, 0.6) is 0 Å². The highest BCUT2D eigenvalue weighted by molar-refractivity contribution is 5.89. The van der Waals surface area contributed by atoms with Gasteiger partial charge in [-0.3, -0.25) is 0 Å². The number of aromatic nitrogens is 4. The average Bonchev–Trinajstić information content (AvgIpc) is 2.74. The first-order chi connectivity index (χ1) is 8.49.